The number of pyridine rings is 1. The molecule has 21 heavy (non-hydrogen) atoms. The van der Waals surface area contributed by atoms with Crippen molar-refractivity contribution in [3.63, 3.8) is 0 Å². The second kappa shape index (κ2) is 6.55. The number of methoxy groups -OCH3 is 1. The van der Waals surface area contributed by atoms with Crippen LogP contribution < -0.4 is 9.46 Å². The third-order valence-electron chi connectivity index (χ3n) is 2.60. The van der Waals surface area contributed by atoms with E-state index in [9.17, 15) is 8.42 Å². The van der Waals surface area contributed by atoms with E-state index in [1.807, 2.05) is 0 Å². The van der Waals surface area contributed by atoms with Crippen LogP contribution in [0.25, 0.3) is 0 Å². The van der Waals surface area contributed by atoms with E-state index < -0.39 is 10.0 Å². The third-order valence-corrected chi connectivity index (χ3v) is 4.09. The molecule has 0 bridgehead atoms. The number of aromatic nitrogens is 3. The number of ether oxygens (including phenoxy) is 2. The summed E-state index contributed by atoms with van der Waals surface area (Å²) in [6, 6.07) is 3.15. The third kappa shape index (κ3) is 3.92. The van der Waals surface area contributed by atoms with E-state index in [1.165, 1.54) is 12.4 Å². The molecule has 8 nitrogen and oxygen atoms in total. The molecule has 2 heterocycles. The van der Waals surface area contributed by atoms with Gasteiger partial charge in [-0.1, -0.05) is 0 Å². The maximum Gasteiger partial charge on any atom is 0.265 e. The zero-order chi connectivity index (χ0) is 15.3. The first-order valence-electron chi connectivity index (χ1n) is 6.13. The average molecular weight is 312 g/mol. The lowest BCUT2D eigenvalue weighted by Gasteiger charge is -2.08. The summed E-state index contributed by atoms with van der Waals surface area (Å²) in [4.78, 5) is 4.11. The summed E-state index contributed by atoms with van der Waals surface area (Å²) in [5.41, 5.74) is 0.810. The molecule has 2 rings (SSSR count). The van der Waals surface area contributed by atoms with Crippen molar-refractivity contribution in [3.05, 3.63) is 30.2 Å². The zero-order valence-electron chi connectivity index (χ0n) is 11.7. The molecule has 0 saturated carbocycles. The van der Waals surface area contributed by atoms with Crippen LogP contribution in [0.3, 0.4) is 0 Å². The first-order valence-corrected chi connectivity index (χ1v) is 7.62. The van der Waals surface area contributed by atoms with E-state index >= 15 is 0 Å². The van der Waals surface area contributed by atoms with E-state index in [2.05, 4.69) is 19.9 Å². The Morgan fingerprint density at radius 2 is 2.10 bits per heavy atom. The van der Waals surface area contributed by atoms with Crippen LogP contribution in [0.15, 0.2) is 29.4 Å². The Balaban J connectivity index is 2.05. The van der Waals surface area contributed by atoms with Crippen molar-refractivity contribution in [2.45, 2.75) is 11.8 Å². The number of nitrogens with zero attached hydrogens (tertiary/aromatic N) is 2. The predicted octanol–water partition coefficient (Wildman–Crippen LogP) is 0.939. The van der Waals surface area contributed by atoms with Crippen LogP contribution in [0.5, 0.6) is 5.88 Å². The summed E-state index contributed by atoms with van der Waals surface area (Å²) < 4.78 is 36.8. The van der Waals surface area contributed by atoms with Gasteiger partial charge in [0, 0.05) is 13.2 Å². The molecular formula is C12H16N4O4S. The van der Waals surface area contributed by atoms with Crippen molar-refractivity contribution < 1.29 is 17.9 Å². The quantitative estimate of drug-likeness (QED) is 0.737. The molecule has 0 radical (unpaired) electrons. The zero-order valence-corrected chi connectivity index (χ0v) is 12.5. The minimum absolute atomic E-state index is 0.0999. The van der Waals surface area contributed by atoms with Gasteiger partial charge in [0.15, 0.2) is 0 Å². The van der Waals surface area contributed by atoms with Gasteiger partial charge in [0.1, 0.15) is 11.5 Å². The highest BCUT2D eigenvalue weighted by Gasteiger charge is 2.18. The average Bonchev–Trinajstić information content (AvgIpc) is 2.88. The number of aryl methyl sites for hydroxylation is 1. The molecule has 0 aliphatic rings. The summed E-state index contributed by atoms with van der Waals surface area (Å²) in [5, 5.41) is 6.28. The number of H-pyrrole nitrogens is 1. The number of rotatable bonds is 7. The van der Waals surface area contributed by atoms with Gasteiger partial charge in [-0.2, -0.15) is 5.10 Å². The molecule has 0 amide bonds. The number of anilines is 1. The Morgan fingerprint density at radius 1 is 1.29 bits per heavy atom. The lowest BCUT2D eigenvalue weighted by Crippen LogP contribution is -2.13. The molecule has 2 aromatic rings. The van der Waals surface area contributed by atoms with Crippen LogP contribution in [0.4, 0.5) is 5.69 Å². The molecule has 0 unspecified atom stereocenters. The van der Waals surface area contributed by atoms with Crippen molar-refractivity contribution >= 4 is 15.7 Å². The van der Waals surface area contributed by atoms with Crippen LogP contribution in [-0.4, -0.2) is 43.9 Å². The molecule has 0 aromatic carbocycles. The van der Waals surface area contributed by atoms with Crippen molar-refractivity contribution in [1.29, 1.82) is 0 Å². The van der Waals surface area contributed by atoms with Gasteiger partial charge in [0.05, 0.1) is 30.4 Å². The van der Waals surface area contributed by atoms with Gasteiger partial charge in [0.25, 0.3) is 10.0 Å². The molecule has 0 aliphatic heterocycles. The number of sulfonamides is 1. The van der Waals surface area contributed by atoms with E-state index in [0.717, 1.165) is 0 Å². The van der Waals surface area contributed by atoms with Gasteiger partial charge in [-0.25, -0.2) is 13.4 Å². The van der Waals surface area contributed by atoms with Crippen molar-refractivity contribution in [3.8, 4) is 5.88 Å². The Bertz CT molecular complexity index is 682. The molecule has 0 aliphatic carbocycles. The van der Waals surface area contributed by atoms with Crippen LogP contribution in [0, 0.1) is 6.92 Å². The van der Waals surface area contributed by atoms with Gasteiger partial charge in [-0.15, -0.1) is 0 Å². The normalized spacial score (nSPS) is 11.3. The summed E-state index contributed by atoms with van der Waals surface area (Å²) in [6.45, 7) is 2.46. The second-order valence-electron chi connectivity index (χ2n) is 4.19. The smallest absolute Gasteiger partial charge is 0.265 e. The van der Waals surface area contributed by atoms with E-state index in [-0.39, 0.29) is 4.90 Å². The summed E-state index contributed by atoms with van der Waals surface area (Å²) >= 11 is 0. The van der Waals surface area contributed by atoms with Crippen molar-refractivity contribution in [2.24, 2.45) is 0 Å². The number of hydrogen-bond acceptors (Lipinski definition) is 6. The molecule has 2 aromatic heterocycles. The van der Waals surface area contributed by atoms with E-state index in [4.69, 9.17) is 9.47 Å². The molecular weight excluding hydrogens is 296 g/mol. The minimum atomic E-state index is -3.68. The molecule has 0 spiro atoms. The molecule has 0 atom stereocenters. The molecule has 9 heteroatoms. The van der Waals surface area contributed by atoms with Crippen LogP contribution in [0.1, 0.15) is 5.69 Å². The Kier molecular flexibility index (Phi) is 4.76. The Hall–Kier alpha value is -2.13. The van der Waals surface area contributed by atoms with Gasteiger partial charge in [-0.3, -0.25) is 9.82 Å². The van der Waals surface area contributed by atoms with E-state index in [1.54, 1.807) is 26.2 Å². The fourth-order valence-electron chi connectivity index (χ4n) is 1.58. The fourth-order valence-corrected chi connectivity index (χ4v) is 2.76. The number of hydrogen-bond donors (Lipinski definition) is 2. The monoisotopic (exact) mass is 312 g/mol. The molecule has 2 N–H and O–H groups in total. The number of aromatic amines is 1. The summed E-state index contributed by atoms with van der Waals surface area (Å²) in [7, 11) is -2.10. The van der Waals surface area contributed by atoms with Crippen molar-refractivity contribution in [2.75, 3.05) is 25.0 Å². The maximum absolute atomic E-state index is 12.1. The number of nitrogens with one attached hydrogen (secondary N) is 2. The highest BCUT2D eigenvalue weighted by molar-refractivity contribution is 7.92. The second-order valence-corrected chi connectivity index (χ2v) is 5.84. The predicted molar refractivity (Wildman–Crippen MR) is 75.7 cm³/mol. The standard InChI is InChI=1S/C12H16N4O4S/c1-9-11(8-14-15-9)21(17,18)16-10-3-4-12(13-7-10)20-6-5-19-2/h3-4,7-8,16H,5-6H2,1-2H3,(H,14,15). The highest BCUT2D eigenvalue weighted by Crippen LogP contribution is 2.18. The largest absolute Gasteiger partial charge is 0.475 e. The van der Waals surface area contributed by atoms with Crippen LogP contribution in [0.2, 0.25) is 0 Å². The minimum Gasteiger partial charge on any atom is -0.475 e. The van der Waals surface area contributed by atoms with Crippen LogP contribution in [-0.2, 0) is 14.8 Å². The van der Waals surface area contributed by atoms with Gasteiger partial charge >= 0.3 is 0 Å². The molecule has 0 saturated heterocycles. The van der Waals surface area contributed by atoms with Crippen molar-refractivity contribution in [1.82, 2.24) is 15.2 Å². The van der Waals surface area contributed by atoms with Gasteiger partial charge in [0.2, 0.25) is 5.88 Å². The summed E-state index contributed by atoms with van der Waals surface area (Å²) in [5.74, 6) is 0.398. The summed E-state index contributed by atoms with van der Waals surface area (Å²) in [6.07, 6.45) is 2.64. The highest BCUT2D eigenvalue weighted by atomic mass is 32.2. The van der Waals surface area contributed by atoms with Gasteiger partial charge < -0.3 is 9.47 Å². The molecule has 0 fully saturated rings. The first kappa shape index (κ1) is 15.3. The maximum atomic E-state index is 12.1. The topological polar surface area (TPSA) is 106 Å². The first-order chi connectivity index (χ1) is 10.0. The van der Waals surface area contributed by atoms with Gasteiger partial charge in [-0.05, 0) is 13.0 Å². The van der Waals surface area contributed by atoms with Crippen LogP contribution >= 0.6 is 0 Å². The Labute approximate surface area is 122 Å². The Morgan fingerprint density at radius 3 is 2.67 bits per heavy atom. The SMILES string of the molecule is COCCOc1ccc(NS(=O)(=O)c2cn[nH]c2C)cn1. The van der Waals surface area contributed by atoms with E-state index in [0.29, 0.717) is 30.5 Å². The lowest BCUT2D eigenvalue weighted by atomic mass is 10.4. The molecule has 114 valence electrons. The fraction of sp³-hybridized carbons (Fsp3) is 0.333. The lowest BCUT2D eigenvalue weighted by molar-refractivity contribution is 0.144.